The van der Waals surface area contributed by atoms with E-state index in [1.165, 1.54) is 0 Å². The van der Waals surface area contributed by atoms with Crippen molar-refractivity contribution in [3.63, 3.8) is 0 Å². The SMILES string of the molecule is NCC1(c2ncccc2Br)CCC(O)CC1. The molecule has 1 aliphatic rings. The molecule has 3 nitrogen and oxygen atoms in total. The van der Waals surface area contributed by atoms with Crippen LogP contribution in [0.2, 0.25) is 0 Å². The van der Waals surface area contributed by atoms with Crippen LogP contribution < -0.4 is 5.73 Å². The lowest BCUT2D eigenvalue weighted by molar-refractivity contribution is 0.0959. The van der Waals surface area contributed by atoms with Crippen LogP contribution in [-0.2, 0) is 5.41 Å². The first kappa shape index (κ1) is 12.0. The number of hydrogen-bond acceptors (Lipinski definition) is 3. The second-order valence-electron chi connectivity index (χ2n) is 4.55. The zero-order valence-corrected chi connectivity index (χ0v) is 10.8. The fraction of sp³-hybridized carbons (Fsp3) is 0.583. The van der Waals surface area contributed by atoms with E-state index in [1.807, 2.05) is 18.3 Å². The zero-order valence-electron chi connectivity index (χ0n) is 9.19. The molecular formula is C12H17BrN2O. The van der Waals surface area contributed by atoms with Gasteiger partial charge in [0.1, 0.15) is 0 Å². The standard InChI is InChI=1S/C12H17BrN2O/c13-10-2-1-7-15-11(10)12(8-14)5-3-9(16)4-6-12/h1-2,7,9,16H,3-6,8,14H2. The molecule has 0 saturated heterocycles. The molecule has 1 saturated carbocycles. The molecule has 0 amide bonds. The molecule has 16 heavy (non-hydrogen) atoms. The molecule has 0 aromatic carbocycles. The third kappa shape index (κ3) is 2.14. The molecular weight excluding hydrogens is 268 g/mol. The van der Waals surface area contributed by atoms with E-state index in [9.17, 15) is 5.11 Å². The maximum atomic E-state index is 9.58. The van der Waals surface area contributed by atoms with Gasteiger partial charge in [-0.25, -0.2) is 0 Å². The van der Waals surface area contributed by atoms with Gasteiger partial charge in [0.25, 0.3) is 0 Å². The summed E-state index contributed by atoms with van der Waals surface area (Å²) < 4.78 is 1.02. The van der Waals surface area contributed by atoms with Crippen molar-refractivity contribution in [2.45, 2.75) is 37.2 Å². The van der Waals surface area contributed by atoms with Gasteiger partial charge in [-0.1, -0.05) is 0 Å². The third-order valence-electron chi connectivity index (χ3n) is 3.56. The fourth-order valence-electron chi connectivity index (χ4n) is 2.47. The van der Waals surface area contributed by atoms with Crippen molar-refractivity contribution in [3.8, 4) is 0 Å². The molecule has 0 aliphatic heterocycles. The van der Waals surface area contributed by atoms with Gasteiger partial charge in [-0.2, -0.15) is 0 Å². The highest BCUT2D eigenvalue weighted by Gasteiger charge is 2.37. The van der Waals surface area contributed by atoms with Crippen molar-refractivity contribution in [2.24, 2.45) is 5.73 Å². The lowest BCUT2D eigenvalue weighted by Gasteiger charge is -2.38. The molecule has 0 atom stereocenters. The van der Waals surface area contributed by atoms with Crippen LogP contribution in [0.25, 0.3) is 0 Å². The topological polar surface area (TPSA) is 59.1 Å². The Balaban J connectivity index is 2.32. The normalized spacial score (nSPS) is 30.3. The van der Waals surface area contributed by atoms with Gasteiger partial charge in [-0.3, -0.25) is 4.98 Å². The van der Waals surface area contributed by atoms with Crippen molar-refractivity contribution < 1.29 is 5.11 Å². The minimum absolute atomic E-state index is 0.0562. The van der Waals surface area contributed by atoms with Gasteiger partial charge >= 0.3 is 0 Å². The van der Waals surface area contributed by atoms with Crippen LogP contribution in [0.3, 0.4) is 0 Å². The number of aliphatic hydroxyl groups is 1. The first-order chi connectivity index (χ1) is 7.68. The zero-order chi connectivity index (χ0) is 11.6. The van der Waals surface area contributed by atoms with Crippen molar-refractivity contribution in [1.29, 1.82) is 0 Å². The monoisotopic (exact) mass is 284 g/mol. The van der Waals surface area contributed by atoms with E-state index in [2.05, 4.69) is 20.9 Å². The van der Waals surface area contributed by atoms with E-state index >= 15 is 0 Å². The average Bonchev–Trinajstić information content (AvgIpc) is 2.32. The number of pyridine rings is 1. The largest absolute Gasteiger partial charge is 0.393 e. The van der Waals surface area contributed by atoms with Crippen molar-refractivity contribution in [1.82, 2.24) is 4.98 Å². The van der Waals surface area contributed by atoms with Gasteiger partial charge in [-0.15, -0.1) is 0 Å². The minimum Gasteiger partial charge on any atom is -0.393 e. The van der Waals surface area contributed by atoms with Crippen LogP contribution in [0.15, 0.2) is 22.8 Å². The van der Waals surface area contributed by atoms with Crippen LogP contribution >= 0.6 is 15.9 Å². The molecule has 1 heterocycles. The first-order valence-electron chi connectivity index (χ1n) is 5.67. The Morgan fingerprint density at radius 3 is 2.75 bits per heavy atom. The summed E-state index contributed by atoms with van der Waals surface area (Å²) in [5.41, 5.74) is 6.93. The molecule has 1 aromatic rings. The van der Waals surface area contributed by atoms with E-state index < -0.39 is 0 Å². The smallest absolute Gasteiger partial charge is 0.0619 e. The van der Waals surface area contributed by atoms with Crippen molar-refractivity contribution >= 4 is 15.9 Å². The fourth-order valence-corrected chi connectivity index (χ4v) is 3.14. The highest BCUT2D eigenvalue weighted by Crippen LogP contribution is 2.40. The Hall–Kier alpha value is -0.450. The number of aromatic nitrogens is 1. The van der Waals surface area contributed by atoms with E-state index in [1.54, 1.807) is 0 Å². The highest BCUT2D eigenvalue weighted by atomic mass is 79.9. The predicted octanol–water partition coefficient (Wildman–Crippen LogP) is 1.98. The van der Waals surface area contributed by atoms with Gasteiger partial charge < -0.3 is 10.8 Å². The minimum atomic E-state index is -0.165. The summed E-state index contributed by atoms with van der Waals surface area (Å²) in [6.45, 7) is 0.593. The average molecular weight is 285 g/mol. The van der Waals surface area contributed by atoms with Crippen LogP contribution in [0.1, 0.15) is 31.4 Å². The second kappa shape index (κ2) is 4.82. The van der Waals surface area contributed by atoms with Crippen LogP contribution in [-0.4, -0.2) is 22.7 Å². The second-order valence-corrected chi connectivity index (χ2v) is 5.40. The Labute approximate surface area is 104 Å². The molecule has 2 rings (SSSR count). The number of aliphatic hydroxyl groups excluding tert-OH is 1. The van der Waals surface area contributed by atoms with E-state index in [4.69, 9.17) is 5.73 Å². The summed E-state index contributed by atoms with van der Waals surface area (Å²) in [5.74, 6) is 0. The van der Waals surface area contributed by atoms with Gasteiger partial charge in [0.05, 0.1) is 11.8 Å². The maximum absolute atomic E-state index is 9.58. The molecule has 1 aromatic heterocycles. The van der Waals surface area contributed by atoms with E-state index in [-0.39, 0.29) is 11.5 Å². The summed E-state index contributed by atoms with van der Waals surface area (Å²) >= 11 is 3.54. The molecule has 4 heteroatoms. The molecule has 3 N–H and O–H groups in total. The Bertz CT molecular complexity index is 362. The number of rotatable bonds is 2. The third-order valence-corrected chi connectivity index (χ3v) is 4.20. The number of nitrogens with two attached hydrogens (primary N) is 1. The summed E-state index contributed by atoms with van der Waals surface area (Å²) in [4.78, 5) is 4.46. The van der Waals surface area contributed by atoms with Crippen LogP contribution in [0.5, 0.6) is 0 Å². The molecule has 88 valence electrons. The van der Waals surface area contributed by atoms with Crippen LogP contribution in [0.4, 0.5) is 0 Å². The van der Waals surface area contributed by atoms with Crippen molar-refractivity contribution in [2.75, 3.05) is 6.54 Å². The first-order valence-corrected chi connectivity index (χ1v) is 6.46. The van der Waals surface area contributed by atoms with Gasteiger partial charge in [0.2, 0.25) is 0 Å². The van der Waals surface area contributed by atoms with E-state index in [0.717, 1.165) is 35.8 Å². The van der Waals surface area contributed by atoms with Crippen molar-refractivity contribution in [3.05, 3.63) is 28.5 Å². The molecule has 0 bridgehead atoms. The Kier molecular flexibility index (Phi) is 3.62. The Morgan fingerprint density at radius 2 is 2.19 bits per heavy atom. The highest BCUT2D eigenvalue weighted by molar-refractivity contribution is 9.10. The Morgan fingerprint density at radius 1 is 1.50 bits per heavy atom. The molecule has 0 spiro atoms. The quantitative estimate of drug-likeness (QED) is 0.873. The summed E-state index contributed by atoms with van der Waals surface area (Å²) in [6.07, 6.45) is 5.12. The lowest BCUT2D eigenvalue weighted by atomic mass is 9.71. The van der Waals surface area contributed by atoms with Gasteiger partial charge in [0, 0.05) is 22.6 Å². The van der Waals surface area contributed by atoms with Gasteiger partial charge in [0.15, 0.2) is 0 Å². The van der Waals surface area contributed by atoms with Gasteiger partial charge in [-0.05, 0) is 53.7 Å². The summed E-state index contributed by atoms with van der Waals surface area (Å²) in [7, 11) is 0. The lowest BCUT2D eigenvalue weighted by Crippen LogP contribution is -2.41. The van der Waals surface area contributed by atoms with E-state index in [0.29, 0.717) is 6.54 Å². The predicted molar refractivity (Wildman–Crippen MR) is 67.1 cm³/mol. The summed E-state index contributed by atoms with van der Waals surface area (Å²) in [6, 6.07) is 3.92. The molecule has 0 radical (unpaired) electrons. The number of hydrogen-bond donors (Lipinski definition) is 2. The molecule has 0 unspecified atom stereocenters. The number of halogens is 1. The maximum Gasteiger partial charge on any atom is 0.0619 e. The molecule has 1 aliphatic carbocycles. The molecule has 1 fully saturated rings. The van der Waals surface area contributed by atoms with Crippen LogP contribution in [0, 0.1) is 0 Å². The number of nitrogens with zero attached hydrogens (tertiary/aromatic N) is 1. The summed E-state index contributed by atoms with van der Waals surface area (Å²) in [5, 5.41) is 9.58.